The van der Waals surface area contributed by atoms with Gasteiger partial charge in [-0.05, 0) is 19.2 Å². The van der Waals surface area contributed by atoms with E-state index >= 15 is 0 Å². The summed E-state index contributed by atoms with van der Waals surface area (Å²) in [5.41, 5.74) is 0.589. The maximum Gasteiger partial charge on any atom is 0.129 e. The van der Waals surface area contributed by atoms with Crippen molar-refractivity contribution in [3.8, 4) is 0 Å². The highest BCUT2D eigenvalue weighted by Gasteiger charge is 2.22. The monoisotopic (exact) mass is 228 g/mol. The van der Waals surface area contributed by atoms with E-state index in [9.17, 15) is 4.39 Å². The highest BCUT2D eigenvalue weighted by Crippen LogP contribution is 2.27. The minimum Gasteiger partial charge on any atom is -0.307 e. The number of likely N-dealkylation sites (N-methyl/N-ethyl adjacent to an activating group) is 1. The van der Waals surface area contributed by atoms with Crippen molar-refractivity contribution in [1.82, 2.24) is 10.2 Å². The van der Waals surface area contributed by atoms with Crippen LogP contribution in [0.25, 0.3) is 0 Å². The molecule has 1 atom stereocenters. The number of nitrogens with zero attached hydrogens (tertiary/aromatic N) is 1. The molecule has 1 aromatic carbocycles. The zero-order valence-electron chi connectivity index (χ0n) is 8.63. The van der Waals surface area contributed by atoms with Crippen molar-refractivity contribution in [1.29, 1.82) is 0 Å². The first-order valence-electron chi connectivity index (χ1n) is 5.04. The molecule has 15 heavy (non-hydrogen) atoms. The molecular formula is C11H14ClFN2. The second kappa shape index (κ2) is 4.47. The third kappa shape index (κ3) is 2.30. The lowest BCUT2D eigenvalue weighted by Gasteiger charge is -2.31. The van der Waals surface area contributed by atoms with Gasteiger partial charge < -0.3 is 10.2 Å². The summed E-state index contributed by atoms with van der Waals surface area (Å²) in [5, 5.41) is 3.78. The number of nitrogens with one attached hydrogen (secondary N) is 1. The molecule has 0 aliphatic carbocycles. The minimum atomic E-state index is -0.227. The van der Waals surface area contributed by atoms with Gasteiger partial charge in [0.15, 0.2) is 0 Å². The maximum atomic E-state index is 13.6. The van der Waals surface area contributed by atoms with Gasteiger partial charge >= 0.3 is 0 Å². The third-order valence-electron chi connectivity index (χ3n) is 2.73. The second-order valence-electron chi connectivity index (χ2n) is 3.90. The van der Waals surface area contributed by atoms with Crippen LogP contribution in [0.1, 0.15) is 11.6 Å². The lowest BCUT2D eigenvalue weighted by Crippen LogP contribution is -2.44. The SMILES string of the molecule is CN1CCNC(c2c(F)cccc2Cl)C1. The van der Waals surface area contributed by atoms with Gasteiger partial charge in [0.05, 0.1) is 0 Å². The van der Waals surface area contributed by atoms with Crippen LogP contribution in [-0.4, -0.2) is 31.6 Å². The summed E-state index contributed by atoms with van der Waals surface area (Å²) in [6.07, 6.45) is 0. The number of piperazine rings is 1. The van der Waals surface area contributed by atoms with Crippen molar-refractivity contribution in [3.05, 3.63) is 34.6 Å². The van der Waals surface area contributed by atoms with Crippen molar-refractivity contribution < 1.29 is 4.39 Å². The van der Waals surface area contributed by atoms with Crippen molar-refractivity contribution >= 4 is 11.6 Å². The van der Waals surface area contributed by atoms with E-state index in [0.29, 0.717) is 10.6 Å². The molecule has 1 N–H and O–H groups in total. The molecule has 1 fully saturated rings. The fraction of sp³-hybridized carbons (Fsp3) is 0.455. The third-order valence-corrected chi connectivity index (χ3v) is 3.06. The van der Waals surface area contributed by atoms with Crippen molar-refractivity contribution in [2.75, 3.05) is 26.7 Å². The summed E-state index contributed by atoms with van der Waals surface area (Å²) >= 11 is 6.01. The van der Waals surface area contributed by atoms with E-state index in [4.69, 9.17) is 11.6 Å². The average molecular weight is 229 g/mol. The first kappa shape index (κ1) is 10.9. The highest BCUT2D eigenvalue weighted by atomic mass is 35.5. The van der Waals surface area contributed by atoms with Crippen LogP contribution >= 0.6 is 11.6 Å². The molecular weight excluding hydrogens is 215 g/mol. The molecule has 1 unspecified atom stereocenters. The van der Waals surface area contributed by atoms with Crippen LogP contribution in [0.4, 0.5) is 4.39 Å². The normalized spacial score (nSPS) is 23.0. The lowest BCUT2D eigenvalue weighted by atomic mass is 10.0. The molecule has 0 bridgehead atoms. The molecule has 1 aliphatic rings. The Morgan fingerprint density at radius 1 is 1.53 bits per heavy atom. The summed E-state index contributed by atoms with van der Waals surface area (Å²) in [6.45, 7) is 2.65. The molecule has 1 heterocycles. The zero-order chi connectivity index (χ0) is 10.8. The Hall–Kier alpha value is -0.640. The predicted molar refractivity (Wildman–Crippen MR) is 59.7 cm³/mol. The summed E-state index contributed by atoms with van der Waals surface area (Å²) in [6, 6.07) is 4.82. The van der Waals surface area contributed by atoms with Gasteiger partial charge in [0.25, 0.3) is 0 Å². The molecule has 2 nitrogen and oxygen atoms in total. The molecule has 1 saturated heterocycles. The van der Waals surface area contributed by atoms with Gasteiger partial charge in [0.1, 0.15) is 5.82 Å². The fourth-order valence-electron chi connectivity index (χ4n) is 1.93. The predicted octanol–water partition coefficient (Wildman–Crippen LogP) is 2.06. The molecule has 1 aromatic rings. The second-order valence-corrected chi connectivity index (χ2v) is 4.31. The van der Waals surface area contributed by atoms with Crippen molar-refractivity contribution in [3.63, 3.8) is 0 Å². The van der Waals surface area contributed by atoms with Gasteiger partial charge in [-0.1, -0.05) is 17.7 Å². The molecule has 0 saturated carbocycles. The van der Waals surface area contributed by atoms with E-state index in [1.54, 1.807) is 12.1 Å². The Morgan fingerprint density at radius 3 is 3.00 bits per heavy atom. The summed E-state index contributed by atoms with van der Waals surface area (Å²) in [5.74, 6) is -0.227. The first-order valence-corrected chi connectivity index (χ1v) is 5.42. The van der Waals surface area contributed by atoms with Gasteiger partial charge in [0, 0.05) is 36.3 Å². The number of halogens is 2. The molecule has 0 spiro atoms. The zero-order valence-corrected chi connectivity index (χ0v) is 9.39. The quantitative estimate of drug-likeness (QED) is 0.792. The molecule has 0 radical (unpaired) electrons. The molecule has 1 aliphatic heterocycles. The van der Waals surface area contributed by atoms with Gasteiger partial charge in [-0.3, -0.25) is 0 Å². The van der Waals surface area contributed by atoms with Crippen molar-refractivity contribution in [2.45, 2.75) is 6.04 Å². The van der Waals surface area contributed by atoms with Crippen LogP contribution in [0.15, 0.2) is 18.2 Å². The average Bonchev–Trinajstić information content (AvgIpc) is 2.17. The first-order chi connectivity index (χ1) is 7.18. The lowest BCUT2D eigenvalue weighted by molar-refractivity contribution is 0.238. The topological polar surface area (TPSA) is 15.3 Å². The van der Waals surface area contributed by atoms with E-state index in [-0.39, 0.29) is 11.9 Å². The molecule has 82 valence electrons. The van der Waals surface area contributed by atoms with E-state index in [1.807, 2.05) is 7.05 Å². The van der Waals surface area contributed by atoms with Crippen LogP contribution in [0.5, 0.6) is 0 Å². The van der Waals surface area contributed by atoms with E-state index < -0.39 is 0 Å². The van der Waals surface area contributed by atoms with Gasteiger partial charge in [-0.25, -0.2) is 4.39 Å². The summed E-state index contributed by atoms with van der Waals surface area (Å²) in [4.78, 5) is 2.17. The van der Waals surface area contributed by atoms with Crippen LogP contribution in [0, 0.1) is 5.82 Å². The Labute approximate surface area is 94.0 Å². The van der Waals surface area contributed by atoms with Gasteiger partial charge in [-0.15, -0.1) is 0 Å². The number of hydrogen-bond donors (Lipinski definition) is 1. The van der Waals surface area contributed by atoms with E-state index in [2.05, 4.69) is 10.2 Å². The van der Waals surface area contributed by atoms with E-state index in [0.717, 1.165) is 19.6 Å². The smallest absolute Gasteiger partial charge is 0.129 e. The fourth-order valence-corrected chi connectivity index (χ4v) is 2.23. The Bertz CT molecular complexity index is 336. The molecule has 0 amide bonds. The Kier molecular flexibility index (Phi) is 3.24. The standard InChI is InChI=1S/C11H14ClFN2/c1-15-6-5-14-10(7-15)11-8(12)3-2-4-9(11)13/h2-4,10,14H,5-7H2,1H3. The molecule has 2 rings (SSSR count). The number of hydrogen-bond acceptors (Lipinski definition) is 2. The van der Waals surface area contributed by atoms with E-state index in [1.165, 1.54) is 6.07 Å². The van der Waals surface area contributed by atoms with Crippen LogP contribution < -0.4 is 5.32 Å². The number of benzene rings is 1. The molecule has 4 heteroatoms. The Balaban J connectivity index is 2.28. The summed E-state index contributed by atoms with van der Waals surface area (Å²) in [7, 11) is 2.03. The van der Waals surface area contributed by atoms with Crippen molar-refractivity contribution in [2.24, 2.45) is 0 Å². The summed E-state index contributed by atoms with van der Waals surface area (Å²) < 4.78 is 13.6. The van der Waals surface area contributed by atoms with Crippen LogP contribution in [0.2, 0.25) is 5.02 Å². The minimum absolute atomic E-state index is 0.00236. The highest BCUT2D eigenvalue weighted by molar-refractivity contribution is 6.31. The largest absolute Gasteiger partial charge is 0.307 e. The molecule has 0 aromatic heterocycles. The Morgan fingerprint density at radius 2 is 2.33 bits per heavy atom. The van der Waals surface area contributed by atoms with Crippen LogP contribution in [-0.2, 0) is 0 Å². The van der Waals surface area contributed by atoms with Crippen LogP contribution in [0.3, 0.4) is 0 Å². The van der Waals surface area contributed by atoms with Gasteiger partial charge in [-0.2, -0.15) is 0 Å². The van der Waals surface area contributed by atoms with Gasteiger partial charge in [0.2, 0.25) is 0 Å². The maximum absolute atomic E-state index is 13.6. The number of rotatable bonds is 1.